The van der Waals surface area contributed by atoms with Crippen molar-refractivity contribution < 1.29 is 19.1 Å². The number of ether oxygens (including phenoxy) is 2. The number of rotatable bonds is 4. The molecule has 120 valence electrons. The average Bonchev–Trinajstić information content (AvgIpc) is 2.54. The third-order valence-corrected chi connectivity index (χ3v) is 4.16. The highest BCUT2D eigenvalue weighted by Gasteiger charge is 2.39. The van der Waals surface area contributed by atoms with Gasteiger partial charge in [0.05, 0.1) is 17.7 Å². The molecule has 1 aromatic rings. The molecule has 1 amide bonds. The molecule has 0 aliphatic carbocycles. The van der Waals surface area contributed by atoms with Crippen LogP contribution >= 0.6 is 11.6 Å². The quantitative estimate of drug-likeness (QED) is 0.826. The Morgan fingerprint density at radius 2 is 1.95 bits per heavy atom. The summed E-state index contributed by atoms with van der Waals surface area (Å²) in [4.78, 5) is 24.0. The zero-order chi connectivity index (χ0) is 16.2. The number of amides is 1. The minimum atomic E-state index is -0.835. The highest BCUT2D eigenvalue weighted by atomic mass is 35.5. The number of hydrogen-bond acceptors (Lipinski definition) is 5. The molecule has 1 aliphatic rings. The molecule has 1 aliphatic heterocycles. The molecule has 1 saturated heterocycles. The summed E-state index contributed by atoms with van der Waals surface area (Å²) in [5.74, 6) is -0.729. The Hall–Kier alpha value is -1.63. The van der Waals surface area contributed by atoms with Crippen LogP contribution in [-0.4, -0.2) is 44.8 Å². The minimum Gasteiger partial charge on any atom is -0.465 e. The molecule has 22 heavy (non-hydrogen) atoms. The first-order chi connectivity index (χ1) is 10.5. The zero-order valence-corrected chi connectivity index (χ0v) is 13.3. The number of esters is 1. The van der Waals surface area contributed by atoms with Gasteiger partial charge in [0, 0.05) is 12.8 Å². The fraction of sp³-hybridized carbons (Fsp3) is 0.467. The molecule has 2 N–H and O–H groups in total. The van der Waals surface area contributed by atoms with Gasteiger partial charge in [-0.15, -0.1) is 0 Å². The standard InChI is InChI=1S/C15H19ClN2O4/c1-21-13(19)11-4-3-10(9-12(11)16)18-14(20)15(22-2)5-7-17-8-6-15/h3-4,9,17H,5-8H2,1-2H3,(H,18,20). The van der Waals surface area contributed by atoms with Gasteiger partial charge in [-0.25, -0.2) is 4.79 Å². The highest BCUT2D eigenvalue weighted by molar-refractivity contribution is 6.34. The molecule has 7 heteroatoms. The number of hydrogen-bond donors (Lipinski definition) is 2. The van der Waals surface area contributed by atoms with Gasteiger partial charge in [-0.05, 0) is 44.1 Å². The lowest BCUT2D eigenvalue weighted by atomic mass is 9.91. The van der Waals surface area contributed by atoms with Crippen molar-refractivity contribution in [3.8, 4) is 0 Å². The van der Waals surface area contributed by atoms with Crippen molar-refractivity contribution in [1.82, 2.24) is 5.32 Å². The largest absolute Gasteiger partial charge is 0.465 e. The van der Waals surface area contributed by atoms with Crippen LogP contribution in [0.3, 0.4) is 0 Å². The number of halogens is 1. The number of piperidine rings is 1. The molecule has 0 bridgehead atoms. The molecule has 1 aromatic carbocycles. The van der Waals surface area contributed by atoms with Crippen molar-refractivity contribution in [2.75, 3.05) is 32.6 Å². The van der Waals surface area contributed by atoms with Gasteiger partial charge in [-0.3, -0.25) is 4.79 Å². The Kier molecular flexibility index (Phi) is 5.39. The van der Waals surface area contributed by atoms with E-state index in [1.54, 1.807) is 6.07 Å². The summed E-state index contributed by atoms with van der Waals surface area (Å²) in [5, 5.41) is 6.22. The Morgan fingerprint density at radius 1 is 1.27 bits per heavy atom. The lowest BCUT2D eigenvalue weighted by molar-refractivity contribution is -0.140. The maximum absolute atomic E-state index is 12.5. The summed E-state index contributed by atoms with van der Waals surface area (Å²) < 4.78 is 10.1. The molecule has 0 unspecified atom stereocenters. The Balaban J connectivity index is 2.14. The fourth-order valence-corrected chi connectivity index (χ4v) is 2.73. The average molecular weight is 327 g/mol. The summed E-state index contributed by atoms with van der Waals surface area (Å²) in [6, 6.07) is 4.66. The van der Waals surface area contributed by atoms with Crippen LogP contribution in [0.2, 0.25) is 5.02 Å². The summed E-state index contributed by atoms with van der Waals surface area (Å²) in [7, 11) is 2.83. The minimum absolute atomic E-state index is 0.210. The first-order valence-electron chi connectivity index (χ1n) is 6.97. The molecular weight excluding hydrogens is 308 g/mol. The monoisotopic (exact) mass is 326 g/mol. The van der Waals surface area contributed by atoms with Crippen LogP contribution in [0, 0.1) is 0 Å². The van der Waals surface area contributed by atoms with Crippen LogP contribution in [0.1, 0.15) is 23.2 Å². The first-order valence-corrected chi connectivity index (χ1v) is 7.35. The highest BCUT2D eigenvalue weighted by Crippen LogP contribution is 2.26. The second-order valence-corrected chi connectivity index (χ2v) is 5.50. The van der Waals surface area contributed by atoms with Gasteiger partial charge in [0.2, 0.25) is 0 Å². The van der Waals surface area contributed by atoms with Crippen molar-refractivity contribution in [3.05, 3.63) is 28.8 Å². The van der Waals surface area contributed by atoms with Crippen LogP contribution in [0.25, 0.3) is 0 Å². The van der Waals surface area contributed by atoms with E-state index in [2.05, 4.69) is 15.4 Å². The number of carbonyl (C=O) groups excluding carboxylic acids is 2. The van der Waals surface area contributed by atoms with Crippen molar-refractivity contribution in [2.45, 2.75) is 18.4 Å². The third kappa shape index (κ3) is 3.40. The van der Waals surface area contributed by atoms with Gasteiger partial charge < -0.3 is 20.1 Å². The molecule has 2 rings (SSSR count). The van der Waals surface area contributed by atoms with E-state index in [4.69, 9.17) is 16.3 Å². The normalized spacial score (nSPS) is 16.9. The van der Waals surface area contributed by atoms with Gasteiger partial charge in [-0.1, -0.05) is 11.6 Å². The zero-order valence-electron chi connectivity index (χ0n) is 12.6. The van der Waals surface area contributed by atoms with Crippen LogP contribution in [-0.2, 0) is 14.3 Å². The molecule has 0 atom stereocenters. The Labute approximate surface area is 134 Å². The van der Waals surface area contributed by atoms with E-state index >= 15 is 0 Å². The first kappa shape index (κ1) is 16.7. The van der Waals surface area contributed by atoms with E-state index in [-0.39, 0.29) is 16.5 Å². The van der Waals surface area contributed by atoms with Crippen LogP contribution < -0.4 is 10.6 Å². The van der Waals surface area contributed by atoms with Crippen molar-refractivity contribution >= 4 is 29.2 Å². The van der Waals surface area contributed by atoms with Gasteiger partial charge >= 0.3 is 5.97 Å². The predicted molar refractivity (Wildman–Crippen MR) is 83.3 cm³/mol. The van der Waals surface area contributed by atoms with Crippen molar-refractivity contribution in [1.29, 1.82) is 0 Å². The van der Waals surface area contributed by atoms with Gasteiger partial charge in [0.1, 0.15) is 5.60 Å². The maximum atomic E-state index is 12.5. The number of nitrogens with one attached hydrogen (secondary N) is 2. The lowest BCUT2D eigenvalue weighted by Crippen LogP contribution is -2.51. The third-order valence-electron chi connectivity index (χ3n) is 3.85. The lowest BCUT2D eigenvalue weighted by Gasteiger charge is -2.34. The predicted octanol–water partition coefficient (Wildman–Crippen LogP) is 1.83. The molecular formula is C15H19ClN2O4. The summed E-state index contributed by atoms with van der Waals surface area (Å²) >= 11 is 6.05. The van der Waals surface area contributed by atoms with Crippen LogP contribution in [0.4, 0.5) is 5.69 Å². The molecule has 0 radical (unpaired) electrons. The molecule has 0 aromatic heterocycles. The van der Waals surface area contributed by atoms with Gasteiger partial charge in [0.15, 0.2) is 0 Å². The second kappa shape index (κ2) is 7.09. The molecule has 6 nitrogen and oxygen atoms in total. The Morgan fingerprint density at radius 3 is 2.50 bits per heavy atom. The van der Waals surface area contributed by atoms with Crippen LogP contribution in [0.15, 0.2) is 18.2 Å². The topological polar surface area (TPSA) is 76.7 Å². The number of benzene rings is 1. The van der Waals surface area contributed by atoms with E-state index in [9.17, 15) is 9.59 Å². The summed E-state index contributed by atoms with van der Waals surface area (Å²) in [5.41, 5.74) is -0.0678. The molecule has 1 fully saturated rings. The van der Waals surface area contributed by atoms with E-state index in [1.165, 1.54) is 26.4 Å². The van der Waals surface area contributed by atoms with E-state index in [0.717, 1.165) is 13.1 Å². The van der Waals surface area contributed by atoms with Crippen LogP contribution in [0.5, 0.6) is 0 Å². The van der Waals surface area contributed by atoms with Crippen molar-refractivity contribution in [3.63, 3.8) is 0 Å². The molecule has 0 saturated carbocycles. The fourth-order valence-electron chi connectivity index (χ4n) is 2.47. The van der Waals surface area contributed by atoms with Crippen molar-refractivity contribution in [2.24, 2.45) is 0 Å². The van der Waals surface area contributed by atoms with E-state index < -0.39 is 11.6 Å². The number of anilines is 1. The summed E-state index contributed by atoms with van der Waals surface area (Å²) in [6.07, 6.45) is 1.20. The second-order valence-electron chi connectivity index (χ2n) is 5.09. The Bertz CT molecular complexity index is 571. The maximum Gasteiger partial charge on any atom is 0.339 e. The number of methoxy groups -OCH3 is 2. The molecule has 0 spiro atoms. The SMILES string of the molecule is COC(=O)c1ccc(NC(=O)C2(OC)CCNCC2)cc1Cl. The smallest absolute Gasteiger partial charge is 0.339 e. The van der Waals surface area contributed by atoms with E-state index in [0.29, 0.717) is 18.5 Å². The number of carbonyl (C=O) groups is 2. The van der Waals surface area contributed by atoms with Gasteiger partial charge in [-0.2, -0.15) is 0 Å². The molecule has 1 heterocycles. The van der Waals surface area contributed by atoms with E-state index in [1.807, 2.05) is 0 Å². The van der Waals surface area contributed by atoms with Gasteiger partial charge in [0.25, 0.3) is 5.91 Å². The summed E-state index contributed by atoms with van der Waals surface area (Å²) in [6.45, 7) is 1.45.